The Hall–Kier alpha value is -1.05. The molecular weight excluding hydrogens is 288 g/mol. The number of carbonyl (C=O) groups is 1. The maximum absolute atomic E-state index is 10.8. The Morgan fingerprint density at radius 1 is 1.50 bits per heavy atom. The van der Waals surface area contributed by atoms with Crippen LogP contribution in [0.25, 0.3) is 10.2 Å². The van der Waals surface area contributed by atoms with Crippen LogP contribution < -0.4 is 0 Å². The molecule has 3 rings (SSSR count). The molecule has 0 radical (unpaired) electrons. The van der Waals surface area contributed by atoms with Gasteiger partial charge in [-0.1, -0.05) is 0 Å². The van der Waals surface area contributed by atoms with Gasteiger partial charge < -0.3 is 5.11 Å². The minimum atomic E-state index is -0.878. The second-order valence-corrected chi connectivity index (χ2v) is 6.33. The first-order chi connectivity index (χ1) is 8.63. The first-order valence-electron chi connectivity index (χ1n) is 5.17. The molecule has 1 aromatic heterocycles. The number of nitrogens with zero attached hydrogens (tertiary/aromatic N) is 2. The number of hydrogen-bond acceptors (Lipinski definition) is 6. The molecule has 1 aromatic carbocycles. The molecule has 1 unspecified atom stereocenters. The lowest BCUT2D eigenvalue weighted by atomic mass is 10.3. The van der Waals surface area contributed by atoms with Crippen LogP contribution in [0, 0.1) is 0 Å². The zero-order chi connectivity index (χ0) is 12.7. The molecule has 4 nitrogen and oxygen atoms in total. The Kier molecular flexibility index (Phi) is 3.04. The number of hydrogen-bond donors (Lipinski definition) is 2. The minimum Gasteiger partial charge on any atom is -0.480 e. The maximum atomic E-state index is 10.8. The van der Waals surface area contributed by atoms with Crippen LogP contribution in [-0.4, -0.2) is 32.9 Å². The molecule has 1 aliphatic rings. The lowest BCUT2D eigenvalue weighted by Gasteiger charge is -1.93. The second kappa shape index (κ2) is 4.56. The van der Waals surface area contributed by atoms with Crippen LogP contribution in [0.1, 0.15) is 5.01 Å². The Labute approximate surface area is 117 Å². The van der Waals surface area contributed by atoms with Gasteiger partial charge in [0.1, 0.15) is 10.1 Å². The van der Waals surface area contributed by atoms with Gasteiger partial charge in [-0.25, -0.2) is 9.78 Å². The number of aliphatic carboxylic acids is 1. The summed E-state index contributed by atoms with van der Waals surface area (Å²) in [5, 5.41) is 10.4. The Morgan fingerprint density at radius 3 is 3.06 bits per heavy atom. The van der Waals surface area contributed by atoms with Crippen molar-refractivity contribution < 1.29 is 9.90 Å². The summed E-state index contributed by atoms with van der Waals surface area (Å²) in [7, 11) is 0. The number of benzene rings is 1. The monoisotopic (exact) mass is 296 g/mol. The van der Waals surface area contributed by atoms with E-state index < -0.39 is 12.0 Å². The van der Waals surface area contributed by atoms with E-state index in [0.717, 1.165) is 25.2 Å². The largest absolute Gasteiger partial charge is 0.480 e. The van der Waals surface area contributed by atoms with E-state index in [1.165, 1.54) is 23.1 Å². The van der Waals surface area contributed by atoms with Crippen molar-refractivity contribution in [2.24, 2.45) is 4.99 Å². The summed E-state index contributed by atoms with van der Waals surface area (Å²) >= 11 is 7.25. The molecule has 0 fully saturated rings. The summed E-state index contributed by atoms with van der Waals surface area (Å²) < 4.78 is 1.04. The summed E-state index contributed by atoms with van der Waals surface area (Å²) in [6.07, 6.45) is 0. The molecule has 0 saturated heterocycles. The molecule has 7 heteroatoms. The summed E-state index contributed by atoms with van der Waals surface area (Å²) in [6.45, 7) is 0. The Balaban J connectivity index is 2.00. The molecule has 2 aromatic rings. The van der Waals surface area contributed by atoms with Crippen molar-refractivity contribution in [3.05, 3.63) is 23.2 Å². The second-order valence-electron chi connectivity index (χ2n) is 3.77. The normalized spacial score (nSPS) is 19.2. The number of fused-ring (bicyclic) bond motifs is 1. The summed E-state index contributed by atoms with van der Waals surface area (Å²) in [4.78, 5) is 20.4. The van der Waals surface area contributed by atoms with Crippen molar-refractivity contribution in [3.8, 4) is 0 Å². The molecule has 1 aliphatic heterocycles. The van der Waals surface area contributed by atoms with Gasteiger partial charge in [0.15, 0.2) is 6.04 Å². The van der Waals surface area contributed by atoms with Gasteiger partial charge >= 0.3 is 5.97 Å². The molecule has 18 heavy (non-hydrogen) atoms. The number of carboxylic acid groups (broad SMARTS) is 1. The first kappa shape index (κ1) is 12.0. The Morgan fingerprint density at radius 2 is 2.33 bits per heavy atom. The number of aliphatic imine (C=N–C) groups is 1. The van der Waals surface area contributed by atoms with Gasteiger partial charge in [-0.05, 0) is 18.2 Å². The van der Waals surface area contributed by atoms with E-state index in [1.54, 1.807) is 0 Å². The summed E-state index contributed by atoms with van der Waals surface area (Å²) in [6, 6.07) is 5.11. The highest BCUT2D eigenvalue weighted by Crippen LogP contribution is 2.30. The van der Waals surface area contributed by atoms with Crippen molar-refractivity contribution in [3.63, 3.8) is 0 Å². The molecule has 0 amide bonds. The topological polar surface area (TPSA) is 62.5 Å². The van der Waals surface area contributed by atoms with Gasteiger partial charge in [0.25, 0.3) is 0 Å². The van der Waals surface area contributed by atoms with E-state index in [0.29, 0.717) is 5.75 Å². The predicted octanol–water partition coefficient (Wildman–Crippen LogP) is 2.53. The van der Waals surface area contributed by atoms with Crippen molar-refractivity contribution in [2.75, 3.05) is 5.75 Å². The fraction of sp³-hybridized carbons (Fsp3) is 0.182. The number of thiol groups is 1. The van der Waals surface area contributed by atoms with E-state index in [2.05, 4.69) is 22.6 Å². The standard InChI is InChI=1S/C11H8N2O2S3/c14-11(15)7-4-17-9(13-7)10-12-6-2-1-5(16)3-8(6)18-10/h1-3,7,16H,4H2,(H,14,15). The van der Waals surface area contributed by atoms with Crippen LogP contribution in [-0.2, 0) is 4.79 Å². The average molecular weight is 296 g/mol. The highest BCUT2D eigenvalue weighted by Gasteiger charge is 2.26. The van der Waals surface area contributed by atoms with Crippen molar-refractivity contribution in [2.45, 2.75) is 10.9 Å². The van der Waals surface area contributed by atoms with Gasteiger partial charge in [-0.3, -0.25) is 4.99 Å². The molecule has 0 aliphatic carbocycles. The number of thioether (sulfide) groups is 1. The van der Waals surface area contributed by atoms with Crippen LogP contribution in [0.15, 0.2) is 28.1 Å². The molecular formula is C11H8N2O2S3. The quantitative estimate of drug-likeness (QED) is 0.836. The predicted molar refractivity (Wildman–Crippen MR) is 77.3 cm³/mol. The fourth-order valence-electron chi connectivity index (χ4n) is 1.62. The zero-order valence-corrected chi connectivity index (χ0v) is 11.6. The Bertz CT molecular complexity index is 665. The molecule has 1 N–H and O–H groups in total. The molecule has 1 atom stereocenters. The van der Waals surface area contributed by atoms with E-state index in [4.69, 9.17) is 5.11 Å². The van der Waals surface area contributed by atoms with Crippen LogP contribution in [0.3, 0.4) is 0 Å². The van der Waals surface area contributed by atoms with Crippen LogP contribution in [0.2, 0.25) is 0 Å². The molecule has 0 spiro atoms. The van der Waals surface area contributed by atoms with E-state index in [1.807, 2.05) is 18.2 Å². The summed E-state index contributed by atoms with van der Waals surface area (Å²) in [5.74, 6) is -0.394. The molecule has 92 valence electrons. The van der Waals surface area contributed by atoms with Gasteiger partial charge in [-0.2, -0.15) is 0 Å². The highest BCUT2D eigenvalue weighted by molar-refractivity contribution is 8.15. The van der Waals surface area contributed by atoms with Gasteiger partial charge in [0.2, 0.25) is 0 Å². The van der Waals surface area contributed by atoms with Crippen molar-refractivity contribution in [1.29, 1.82) is 0 Å². The number of rotatable bonds is 2. The third-order valence-electron chi connectivity index (χ3n) is 2.49. The van der Waals surface area contributed by atoms with Crippen LogP contribution in [0.5, 0.6) is 0 Å². The van der Waals surface area contributed by atoms with Crippen LogP contribution in [0.4, 0.5) is 0 Å². The third-order valence-corrected chi connectivity index (χ3v) is 4.98. The van der Waals surface area contributed by atoms with E-state index in [-0.39, 0.29) is 0 Å². The van der Waals surface area contributed by atoms with Gasteiger partial charge in [0, 0.05) is 10.6 Å². The molecule has 0 bridgehead atoms. The summed E-state index contributed by atoms with van der Waals surface area (Å²) in [5.41, 5.74) is 0.898. The van der Waals surface area contributed by atoms with Crippen LogP contribution >= 0.6 is 35.7 Å². The SMILES string of the molecule is O=C(O)C1CSC(c2nc3ccc(S)cc3s2)=N1. The maximum Gasteiger partial charge on any atom is 0.329 e. The van der Waals surface area contributed by atoms with Gasteiger partial charge in [-0.15, -0.1) is 35.7 Å². The number of thiazole rings is 1. The fourth-order valence-corrected chi connectivity index (χ4v) is 4.02. The number of carboxylic acids is 1. The first-order valence-corrected chi connectivity index (χ1v) is 7.42. The minimum absolute atomic E-state index is 0.485. The van der Waals surface area contributed by atoms with E-state index in [9.17, 15) is 4.79 Å². The lowest BCUT2D eigenvalue weighted by molar-refractivity contribution is -0.137. The smallest absolute Gasteiger partial charge is 0.329 e. The zero-order valence-electron chi connectivity index (χ0n) is 9.03. The highest BCUT2D eigenvalue weighted by atomic mass is 32.2. The third kappa shape index (κ3) is 2.13. The van der Waals surface area contributed by atoms with Gasteiger partial charge in [0.05, 0.1) is 10.2 Å². The number of aromatic nitrogens is 1. The lowest BCUT2D eigenvalue weighted by Crippen LogP contribution is -2.17. The molecule has 2 heterocycles. The van der Waals surface area contributed by atoms with Crippen molar-refractivity contribution >= 4 is 57.0 Å². The molecule has 0 saturated carbocycles. The average Bonchev–Trinajstić information content (AvgIpc) is 2.93. The van der Waals surface area contributed by atoms with Crippen molar-refractivity contribution in [1.82, 2.24) is 4.98 Å². The van der Waals surface area contributed by atoms with E-state index >= 15 is 0 Å².